The van der Waals surface area contributed by atoms with Crippen molar-refractivity contribution < 1.29 is 5.11 Å². The van der Waals surface area contributed by atoms with E-state index in [0.717, 1.165) is 0 Å². The third-order valence-electron chi connectivity index (χ3n) is 2.12. The van der Waals surface area contributed by atoms with Crippen LogP contribution in [0.5, 0.6) is 0 Å². The summed E-state index contributed by atoms with van der Waals surface area (Å²) >= 11 is 5.05. The Labute approximate surface area is 96.6 Å². The summed E-state index contributed by atoms with van der Waals surface area (Å²) in [5, 5.41) is 24.4. The number of nitriles is 1. The molecule has 2 aromatic rings. The molecule has 0 unspecified atom stereocenters. The van der Waals surface area contributed by atoms with Crippen molar-refractivity contribution >= 4 is 12.2 Å². The van der Waals surface area contributed by atoms with Crippen LogP contribution < -0.4 is 0 Å². The summed E-state index contributed by atoms with van der Waals surface area (Å²) in [5.74, 6) is 0.417. The molecule has 6 heteroatoms. The Hall–Kier alpha value is -1.97. The molecule has 0 amide bonds. The summed E-state index contributed by atoms with van der Waals surface area (Å²) in [5.41, 5.74) is 1.24. The molecule has 0 aliphatic carbocycles. The summed E-state index contributed by atoms with van der Waals surface area (Å²) in [6, 6.07) is 8.98. The normalized spacial score (nSPS) is 10.0. The molecule has 2 N–H and O–H groups in total. The molecule has 0 saturated carbocycles. The Morgan fingerprint density at radius 3 is 3.06 bits per heavy atom. The minimum absolute atomic E-state index is 0.218. The maximum absolute atomic E-state index is 9.10. The zero-order chi connectivity index (χ0) is 11.5. The smallest absolute Gasteiger partial charge is 0.199 e. The molecule has 2 rings (SSSR count). The second-order valence-corrected chi connectivity index (χ2v) is 3.49. The van der Waals surface area contributed by atoms with E-state index in [4.69, 9.17) is 22.6 Å². The highest BCUT2D eigenvalue weighted by Gasteiger charge is 2.07. The van der Waals surface area contributed by atoms with Gasteiger partial charge in [-0.05, 0) is 30.4 Å². The third-order valence-corrected chi connectivity index (χ3v) is 2.39. The third kappa shape index (κ3) is 1.74. The highest BCUT2D eigenvalue weighted by Crippen LogP contribution is 2.12. The quantitative estimate of drug-likeness (QED) is 0.765. The fourth-order valence-corrected chi connectivity index (χ4v) is 1.67. The Bertz CT molecular complexity index is 608. The highest BCUT2D eigenvalue weighted by molar-refractivity contribution is 7.71. The first-order chi connectivity index (χ1) is 7.76. The SMILES string of the molecule is N#Cc1cccc(-n2c(CO)n[nH]c2=S)c1. The average molecular weight is 232 g/mol. The van der Waals surface area contributed by atoms with E-state index < -0.39 is 0 Å². The van der Waals surface area contributed by atoms with Gasteiger partial charge in [0.1, 0.15) is 6.61 Å². The second kappa shape index (κ2) is 4.26. The van der Waals surface area contributed by atoms with Gasteiger partial charge in [0.2, 0.25) is 0 Å². The number of hydrogen-bond donors (Lipinski definition) is 2. The fourth-order valence-electron chi connectivity index (χ4n) is 1.42. The number of aromatic amines is 1. The van der Waals surface area contributed by atoms with Crippen LogP contribution in [0.25, 0.3) is 5.69 Å². The van der Waals surface area contributed by atoms with Crippen LogP contribution in [-0.2, 0) is 6.61 Å². The van der Waals surface area contributed by atoms with Gasteiger partial charge in [-0.2, -0.15) is 10.4 Å². The van der Waals surface area contributed by atoms with Gasteiger partial charge in [0.25, 0.3) is 0 Å². The van der Waals surface area contributed by atoms with Crippen molar-refractivity contribution in [1.29, 1.82) is 5.26 Å². The van der Waals surface area contributed by atoms with Gasteiger partial charge in [0.05, 0.1) is 17.3 Å². The number of hydrogen-bond acceptors (Lipinski definition) is 4. The number of aromatic nitrogens is 3. The van der Waals surface area contributed by atoms with Gasteiger partial charge >= 0.3 is 0 Å². The predicted molar refractivity (Wildman–Crippen MR) is 59.4 cm³/mol. The molecule has 0 atom stereocenters. The maximum Gasteiger partial charge on any atom is 0.199 e. The fraction of sp³-hybridized carbons (Fsp3) is 0.100. The average Bonchev–Trinajstić information content (AvgIpc) is 2.70. The lowest BCUT2D eigenvalue weighted by atomic mass is 10.2. The van der Waals surface area contributed by atoms with Gasteiger partial charge in [0, 0.05) is 0 Å². The van der Waals surface area contributed by atoms with Crippen LogP contribution in [0, 0.1) is 16.1 Å². The van der Waals surface area contributed by atoms with E-state index in [1.165, 1.54) is 0 Å². The van der Waals surface area contributed by atoms with Crippen molar-refractivity contribution in [2.45, 2.75) is 6.61 Å². The van der Waals surface area contributed by atoms with E-state index in [1.54, 1.807) is 28.8 Å². The lowest BCUT2D eigenvalue weighted by molar-refractivity contribution is 0.269. The molecule has 0 fully saturated rings. The van der Waals surface area contributed by atoms with Gasteiger partial charge in [-0.1, -0.05) is 6.07 Å². The lowest BCUT2D eigenvalue weighted by Gasteiger charge is -2.04. The van der Waals surface area contributed by atoms with Gasteiger partial charge in [-0.15, -0.1) is 0 Å². The minimum Gasteiger partial charge on any atom is -0.388 e. The zero-order valence-electron chi connectivity index (χ0n) is 8.21. The molecule has 80 valence electrons. The van der Waals surface area contributed by atoms with Crippen molar-refractivity contribution in [2.24, 2.45) is 0 Å². The van der Waals surface area contributed by atoms with Crippen LogP contribution in [0.4, 0.5) is 0 Å². The maximum atomic E-state index is 9.10. The van der Waals surface area contributed by atoms with Crippen molar-refractivity contribution in [2.75, 3.05) is 0 Å². The van der Waals surface area contributed by atoms with Gasteiger partial charge in [-0.25, -0.2) is 0 Å². The van der Waals surface area contributed by atoms with Crippen LogP contribution in [0.15, 0.2) is 24.3 Å². The van der Waals surface area contributed by atoms with E-state index >= 15 is 0 Å². The molecule has 0 bridgehead atoms. The largest absolute Gasteiger partial charge is 0.388 e. The van der Waals surface area contributed by atoms with Gasteiger partial charge < -0.3 is 5.11 Å². The van der Waals surface area contributed by atoms with E-state index in [1.807, 2.05) is 6.07 Å². The van der Waals surface area contributed by atoms with Crippen LogP contribution in [0.1, 0.15) is 11.4 Å². The topological polar surface area (TPSA) is 77.6 Å². The molecule has 1 aromatic carbocycles. The number of nitrogens with one attached hydrogen (secondary N) is 1. The first-order valence-electron chi connectivity index (χ1n) is 4.54. The highest BCUT2D eigenvalue weighted by atomic mass is 32.1. The number of aliphatic hydroxyl groups excluding tert-OH is 1. The number of nitrogens with zero attached hydrogens (tertiary/aromatic N) is 3. The number of benzene rings is 1. The molecular weight excluding hydrogens is 224 g/mol. The molecule has 1 aromatic heterocycles. The van der Waals surface area contributed by atoms with E-state index in [-0.39, 0.29) is 6.61 Å². The monoisotopic (exact) mass is 232 g/mol. The molecule has 0 aliphatic heterocycles. The van der Waals surface area contributed by atoms with Gasteiger partial charge in [-0.3, -0.25) is 9.67 Å². The first-order valence-corrected chi connectivity index (χ1v) is 4.95. The van der Waals surface area contributed by atoms with Crippen molar-refractivity contribution in [1.82, 2.24) is 14.8 Å². The number of rotatable bonds is 2. The summed E-state index contributed by atoms with van der Waals surface area (Å²) in [4.78, 5) is 0. The van der Waals surface area contributed by atoms with Crippen LogP contribution in [0.2, 0.25) is 0 Å². The molecule has 0 aliphatic rings. The lowest BCUT2D eigenvalue weighted by Crippen LogP contribution is -2.01. The molecule has 1 heterocycles. The summed E-state index contributed by atoms with van der Waals surface area (Å²) in [6.45, 7) is -0.218. The summed E-state index contributed by atoms with van der Waals surface area (Å²) in [6.07, 6.45) is 0. The van der Waals surface area contributed by atoms with Crippen molar-refractivity contribution in [3.8, 4) is 11.8 Å². The number of aliphatic hydroxyl groups is 1. The molecule has 0 radical (unpaired) electrons. The molecule has 16 heavy (non-hydrogen) atoms. The Morgan fingerprint density at radius 2 is 2.38 bits per heavy atom. The standard InChI is InChI=1S/C10H8N4OS/c11-5-7-2-1-3-8(4-7)14-9(6-15)12-13-10(14)16/h1-4,15H,6H2,(H,13,16). The van der Waals surface area contributed by atoms with E-state index in [2.05, 4.69) is 10.2 Å². The Kier molecular flexibility index (Phi) is 2.81. The molecule has 0 saturated heterocycles. The second-order valence-electron chi connectivity index (χ2n) is 3.10. The van der Waals surface area contributed by atoms with Crippen molar-refractivity contribution in [3.63, 3.8) is 0 Å². The zero-order valence-corrected chi connectivity index (χ0v) is 9.03. The van der Waals surface area contributed by atoms with E-state index in [9.17, 15) is 0 Å². The van der Waals surface area contributed by atoms with E-state index in [0.29, 0.717) is 21.8 Å². The molecular formula is C10H8N4OS. The van der Waals surface area contributed by atoms with Gasteiger partial charge in [0.15, 0.2) is 10.6 Å². The molecule has 5 nitrogen and oxygen atoms in total. The molecule has 0 spiro atoms. The minimum atomic E-state index is -0.218. The number of H-pyrrole nitrogens is 1. The Balaban J connectivity index is 2.63. The summed E-state index contributed by atoms with van der Waals surface area (Å²) in [7, 11) is 0. The van der Waals surface area contributed by atoms with Crippen LogP contribution in [0.3, 0.4) is 0 Å². The summed E-state index contributed by atoms with van der Waals surface area (Å²) < 4.78 is 1.98. The Morgan fingerprint density at radius 1 is 1.56 bits per heavy atom. The van der Waals surface area contributed by atoms with Crippen LogP contribution in [-0.4, -0.2) is 19.9 Å². The van der Waals surface area contributed by atoms with Crippen molar-refractivity contribution in [3.05, 3.63) is 40.4 Å². The van der Waals surface area contributed by atoms with Crippen LogP contribution >= 0.6 is 12.2 Å². The predicted octanol–water partition coefficient (Wildman–Crippen LogP) is 1.29. The first kappa shape index (κ1) is 10.5.